The normalized spacial score (nSPS) is 17.6. The van der Waals surface area contributed by atoms with Crippen LogP contribution in [-0.2, 0) is 0 Å². The zero-order valence-corrected chi connectivity index (χ0v) is 14.1. The number of thiophene rings is 1. The van der Waals surface area contributed by atoms with E-state index in [0.29, 0.717) is 0 Å². The largest absolute Gasteiger partial charge is 0.306 e. The van der Waals surface area contributed by atoms with Gasteiger partial charge in [0.05, 0.1) is 0 Å². The molecule has 0 radical (unpaired) electrons. The average molecular weight is 317 g/mol. The van der Waals surface area contributed by atoms with Crippen LogP contribution in [0.3, 0.4) is 0 Å². The van der Waals surface area contributed by atoms with Gasteiger partial charge in [0.25, 0.3) is 0 Å². The van der Waals surface area contributed by atoms with Gasteiger partial charge >= 0.3 is 0 Å². The molecule has 1 aliphatic carbocycles. The summed E-state index contributed by atoms with van der Waals surface area (Å²) < 4.78 is 1.41. The first-order valence-electron chi connectivity index (χ1n) is 8.35. The maximum atomic E-state index is 2.44. The van der Waals surface area contributed by atoms with Crippen molar-refractivity contribution in [2.75, 3.05) is 20.1 Å². The minimum atomic E-state index is 1.18. The van der Waals surface area contributed by atoms with Gasteiger partial charge in [-0.3, -0.25) is 0 Å². The average Bonchev–Trinajstić information content (AvgIpc) is 3.10. The maximum absolute atomic E-state index is 2.44. The lowest BCUT2D eigenvalue weighted by atomic mass is 9.94. The zero-order valence-electron chi connectivity index (χ0n) is 13.3. The Labute approximate surface area is 140 Å². The van der Waals surface area contributed by atoms with Gasteiger partial charge in [0.1, 0.15) is 0 Å². The highest BCUT2D eigenvalue weighted by Gasteiger charge is 2.30. The van der Waals surface area contributed by atoms with Crippen molar-refractivity contribution in [2.24, 2.45) is 0 Å². The summed E-state index contributed by atoms with van der Waals surface area (Å²) in [6, 6.07) is 17.8. The second-order valence-electron chi connectivity index (χ2n) is 6.63. The fourth-order valence-corrected chi connectivity index (χ4v) is 5.34. The highest BCUT2D eigenvalue weighted by atomic mass is 32.1. The maximum Gasteiger partial charge on any atom is 0.0439 e. The van der Waals surface area contributed by atoms with Crippen LogP contribution in [-0.4, -0.2) is 25.0 Å². The number of likely N-dealkylation sites (tertiary alicyclic amines) is 1. The summed E-state index contributed by atoms with van der Waals surface area (Å²) in [6.07, 6.45) is 2.40. The summed E-state index contributed by atoms with van der Waals surface area (Å²) in [7, 11) is 2.23. The molecule has 1 saturated heterocycles. The predicted octanol–water partition coefficient (Wildman–Crippen LogP) is 5.41. The molecule has 0 atom stereocenters. The Morgan fingerprint density at radius 1 is 0.870 bits per heavy atom. The molecule has 1 nitrogen and oxygen atoms in total. The molecule has 0 N–H and O–H groups in total. The molecule has 114 valence electrons. The van der Waals surface area contributed by atoms with Gasteiger partial charge in [-0.1, -0.05) is 48.0 Å². The van der Waals surface area contributed by atoms with Gasteiger partial charge in [0, 0.05) is 33.6 Å². The summed E-state index contributed by atoms with van der Waals surface area (Å²) in [5, 5.41) is 1.42. The van der Waals surface area contributed by atoms with E-state index in [2.05, 4.69) is 60.5 Å². The molecule has 2 aromatic carbocycles. The number of nitrogens with zero attached hydrogens (tertiary/aromatic N) is 1. The lowest BCUT2D eigenvalue weighted by Crippen LogP contribution is -2.26. The number of benzene rings is 2. The highest BCUT2D eigenvalue weighted by molar-refractivity contribution is 7.21. The van der Waals surface area contributed by atoms with Gasteiger partial charge < -0.3 is 4.90 Å². The van der Waals surface area contributed by atoms with Crippen LogP contribution in [0.2, 0.25) is 0 Å². The Morgan fingerprint density at radius 2 is 1.57 bits per heavy atom. The summed E-state index contributed by atoms with van der Waals surface area (Å²) in [4.78, 5) is 3.95. The van der Waals surface area contributed by atoms with Gasteiger partial charge in [-0.2, -0.15) is 0 Å². The lowest BCUT2D eigenvalue weighted by Gasteiger charge is -2.25. The second-order valence-corrected chi connectivity index (χ2v) is 7.68. The SMILES string of the molecule is CN1CCC(=C2c3ccccc3-c3c2sc2ccccc32)CC1. The number of fused-ring (bicyclic) bond motifs is 5. The first-order valence-corrected chi connectivity index (χ1v) is 9.17. The van der Waals surface area contributed by atoms with Gasteiger partial charge in [0.15, 0.2) is 0 Å². The first kappa shape index (κ1) is 13.5. The van der Waals surface area contributed by atoms with Crippen LogP contribution < -0.4 is 0 Å². The molecule has 3 aromatic rings. The van der Waals surface area contributed by atoms with E-state index < -0.39 is 0 Å². The van der Waals surface area contributed by atoms with Crippen molar-refractivity contribution in [3.05, 3.63) is 64.5 Å². The van der Waals surface area contributed by atoms with E-state index in [1.165, 1.54) is 57.6 Å². The van der Waals surface area contributed by atoms with Crippen molar-refractivity contribution in [2.45, 2.75) is 12.8 Å². The smallest absolute Gasteiger partial charge is 0.0439 e. The standard InChI is InChI=1S/C21H19NS/c1-22-12-10-14(11-13-22)19-15-6-2-3-7-16(15)20-17-8-4-5-9-18(17)23-21(19)20/h2-9H,10-13H2,1H3. The Kier molecular flexibility index (Phi) is 2.97. The molecule has 2 heteroatoms. The van der Waals surface area contributed by atoms with Crippen molar-refractivity contribution in [1.82, 2.24) is 4.90 Å². The zero-order chi connectivity index (χ0) is 15.4. The molecule has 5 rings (SSSR count). The third-order valence-electron chi connectivity index (χ3n) is 5.23. The third-order valence-corrected chi connectivity index (χ3v) is 6.42. The van der Waals surface area contributed by atoms with Gasteiger partial charge in [-0.25, -0.2) is 0 Å². The number of hydrogen-bond acceptors (Lipinski definition) is 2. The molecule has 1 aromatic heterocycles. The fourth-order valence-electron chi connectivity index (χ4n) is 4.02. The molecule has 0 spiro atoms. The summed E-state index contributed by atoms with van der Waals surface area (Å²) in [5.74, 6) is 0. The van der Waals surface area contributed by atoms with E-state index in [-0.39, 0.29) is 0 Å². The quantitative estimate of drug-likeness (QED) is 0.419. The summed E-state index contributed by atoms with van der Waals surface area (Å²) in [5.41, 5.74) is 7.56. The van der Waals surface area contributed by atoms with Crippen molar-refractivity contribution >= 4 is 27.0 Å². The van der Waals surface area contributed by atoms with Gasteiger partial charge in [-0.15, -0.1) is 11.3 Å². The van der Waals surface area contributed by atoms with Crippen LogP contribution in [0, 0.1) is 0 Å². The Morgan fingerprint density at radius 3 is 2.39 bits per heavy atom. The van der Waals surface area contributed by atoms with Crippen molar-refractivity contribution in [3.8, 4) is 11.1 Å². The van der Waals surface area contributed by atoms with Crippen LogP contribution in [0.1, 0.15) is 23.3 Å². The molecule has 2 aliphatic rings. The van der Waals surface area contributed by atoms with Crippen molar-refractivity contribution < 1.29 is 0 Å². The van der Waals surface area contributed by atoms with Crippen molar-refractivity contribution in [1.29, 1.82) is 0 Å². The van der Waals surface area contributed by atoms with Crippen LogP contribution >= 0.6 is 11.3 Å². The van der Waals surface area contributed by atoms with Gasteiger partial charge in [-0.05, 0) is 42.7 Å². The molecule has 0 saturated carbocycles. The van der Waals surface area contributed by atoms with Crippen LogP contribution in [0.4, 0.5) is 0 Å². The third kappa shape index (κ3) is 1.95. The Balaban J connectivity index is 1.82. The number of rotatable bonds is 0. The molecular formula is C21H19NS. The van der Waals surface area contributed by atoms with E-state index in [4.69, 9.17) is 0 Å². The summed E-state index contributed by atoms with van der Waals surface area (Å²) >= 11 is 1.97. The Hall–Kier alpha value is -1.90. The Bertz CT molecular complexity index is 937. The fraction of sp³-hybridized carbons (Fsp3) is 0.238. The van der Waals surface area contributed by atoms with E-state index in [1.54, 1.807) is 11.1 Å². The van der Waals surface area contributed by atoms with E-state index in [0.717, 1.165) is 0 Å². The predicted molar refractivity (Wildman–Crippen MR) is 100 cm³/mol. The van der Waals surface area contributed by atoms with Crippen molar-refractivity contribution in [3.63, 3.8) is 0 Å². The van der Waals surface area contributed by atoms with E-state index >= 15 is 0 Å². The van der Waals surface area contributed by atoms with Gasteiger partial charge in [0.2, 0.25) is 0 Å². The monoisotopic (exact) mass is 317 g/mol. The van der Waals surface area contributed by atoms with Crippen LogP contribution in [0.15, 0.2) is 54.1 Å². The second kappa shape index (κ2) is 5.05. The molecule has 0 unspecified atom stereocenters. The number of hydrogen-bond donors (Lipinski definition) is 0. The molecule has 0 bridgehead atoms. The van der Waals surface area contributed by atoms with E-state index in [1.807, 2.05) is 11.3 Å². The topological polar surface area (TPSA) is 3.24 Å². The molecule has 2 heterocycles. The highest BCUT2D eigenvalue weighted by Crippen LogP contribution is 2.53. The number of piperidine rings is 1. The van der Waals surface area contributed by atoms with Crippen LogP contribution in [0.25, 0.3) is 26.8 Å². The summed E-state index contributed by atoms with van der Waals surface area (Å²) in [6.45, 7) is 2.36. The van der Waals surface area contributed by atoms with E-state index in [9.17, 15) is 0 Å². The lowest BCUT2D eigenvalue weighted by molar-refractivity contribution is 0.313. The molecular weight excluding hydrogens is 298 g/mol. The molecule has 23 heavy (non-hydrogen) atoms. The molecule has 1 aliphatic heterocycles. The van der Waals surface area contributed by atoms with Crippen LogP contribution in [0.5, 0.6) is 0 Å². The first-order chi connectivity index (χ1) is 11.3. The molecule has 1 fully saturated rings. The molecule has 0 amide bonds. The minimum Gasteiger partial charge on any atom is -0.306 e. The minimum absolute atomic E-state index is 1.18.